The number of nitrogen functional groups attached to an aromatic ring is 1. The van der Waals surface area contributed by atoms with Crippen LogP contribution in [0, 0.1) is 6.92 Å². The van der Waals surface area contributed by atoms with Crippen LogP contribution in [-0.2, 0) is 0 Å². The van der Waals surface area contributed by atoms with E-state index in [0.717, 1.165) is 21.4 Å². The van der Waals surface area contributed by atoms with E-state index in [9.17, 15) is 0 Å². The zero-order valence-corrected chi connectivity index (χ0v) is 12.6. The maximum Gasteiger partial charge on any atom is 0.116 e. The van der Waals surface area contributed by atoms with E-state index in [4.69, 9.17) is 5.73 Å². The Labute approximate surface area is 126 Å². The van der Waals surface area contributed by atoms with Gasteiger partial charge in [-0.25, -0.2) is 4.68 Å². The summed E-state index contributed by atoms with van der Waals surface area (Å²) in [6.07, 6.45) is 1.85. The number of hydrogen-bond donors (Lipinski definition) is 1. The first-order chi connectivity index (χ1) is 9.63. The third-order valence-corrected chi connectivity index (χ3v) is 3.60. The smallest absolute Gasteiger partial charge is 0.116 e. The van der Waals surface area contributed by atoms with Crippen LogP contribution < -0.4 is 5.73 Å². The fourth-order valence-electron chi connectivity index (χ4n) is 2.15. The summed E-state index contributed by atoms with van der Waals surface area (Å²) < 4.78 is 2.82. The monoisotopic (exact) mass is 327 g/mol. The van der Waals surface area contributed by atoms with Gasteiger partial charge in [-0.3, -0.25) is 0 Å². The third kappa shape index (κ3) is 2.47. The lowest BCUT2D eigenvalue weighted by molar-refractivity contribution is 0.883. The summed E-state index contributed by atoms with van der Waals surface area (Å²) >= 11 is 3.47. The second-order valence-electron chi connectivity index (χ2n) is 4.73. The molecule has 0 aliphatic carbocycles. The molecule has 0 saturated heterocycles. The SMILES string of the molecule is Cc1cccc(-c2nn(-c3cccc(Br)c3)cc2N)c1. The average molecular weight is 328 g/mol. The molecule has 3 rings (SSSR count). The summed E-state index contributed by atoms with van der Waals surface area (Å²) in [6.45, 7) is 2.06. The van der Waals surface area contributed by atoms with Crippen molar-refractivity contribution in [2.45, 2.75) is 6.92 Å². The summed E-state index contributed by atoms with van der Waals surface area (Å²) in [4.78, 5) is 0. The molecule has 0 fully saturated rings. The molecule has 0 spiro atoms. The van der Waals surface area contributed by atoms with E-state index in [1.54, 1.807) is 4.68 Å². The average Bonchev–Trinajstić information content (AvgIpc) is 2.81. The van der Waals surface area contributed by atoms with Crippen molar-refractivity contribution in [3.63, 3.8) is 0 Å². The Bertz CT molecular complexity index is 762. The van der Waals surface area contributed by atoms with Crippen molar-refractivity contribution in [2.75, 3.05) is 5.73 Å². The molecule has 0 unspecified atom stereocenters. The van der Waals surface area contributed by atoms with Crippen molar-refractivity contribution in [3.05, 3.63) is 64.8 Å². The van der Waals surface area contributed by atoms with Crippen molar-refractivity contribution < 1.29 is 0 Å². The van der Waals surface area contributed by atoms with E-state index in [1.165, 1.54) is 5.56 Å². The fourth-order valence-corrected chi connectivity index (χ4v) is 2.54. The Hall–Kier alpha value is -2.07. The molecule has 100 valence electrons. The largest absolute Gasteiger partial charge is 0.396 e. The molecule has 4 heteroatoms. The van der Waals surface area contributed by atoms with Crippen LogP contribution in [0.4, 0.5) is 5.69 Å². The van der Waals surface area contributed by atoms with Crippen LogP contribution in [0.1, 0.15) is 5.56 Å². The van der Waals surface area contributed by atoms with Gasteiger partial charge in [0.25, 0.3) is 0 Å². The lowest BCUT2D eigenvalue weighted by Crippen LogP contribution is -1.94. The molecular formula is C16H14BrN3. The highest BCUT2D eigenvalue weighted by molar-refractivity contribution is 9.10. The first kappa shape index (κ1) is 12.9. The second kappa shape index (κ2) is 5.13. The molecule has 0 saturated carbocycles. The number of aromatic nitrogens is 2. The molecule has 20 heavy (non-hydrogen) atoms. The normalized spacial score (nSPS) is 10.7. The van der Waals surface area contributed by atoms with E-state index in [-0.39, 0.29) is 0 Å². The van der Waals surface area contributed by atoms with Gasteiger partial charge >= 0.3 is 0 Å². The molecule has 1 heterocycles. The Morgan fingerprint density at radius 2 is 1.90 bits per heavy atom. The number of nitrogens with two attached hydrogens (primary N) is 1. The molecule has 0 aliphatic rings. The minimum Gasteiger partial charge on any atom is -0.396 e. The standard InChI is InChI=1S/C16H14BrN3/c1-11-4-2-5-12(8-11)16-15(18)10-20(19-16)14-7-3-6-13(17)9-14/h2-10H,18H2,1H3. The van der Waals surface area contributed by atoms with Crippen LogP contribution >= 0.6 is 15.9 Å². The Kier molecular flexibility index (Phi) is 3.32. The van der Waals surface area contributed by atoms with Crippen molar-refractivity contribution in [1.82, 2.24) is 9.78 Å². The number of rotatable bonds is 2. The van der Waals surface area contributed by atoms with Crippen molar-refractivity contribution in [1.29, 1.82) is 0 Å². The first-order valence-corrected chi connectivity index (χ1v) is 7.11. The van der Waals surface area contributed by atoms with Crippen molar-refractivity contribution >= 4 is 21.6 Å². The second-order valence-corrected chi connectivity index (χ2v) is 5.64. The predicted octanol–water partition coefficient (Wildman–Crippen LogP) is 4.19. The number of aryl methyl sites for hydroxylation is 1. The van der Waals surface area contributed by atoms with Gasteiger partial charge in [0.2, 0.25) is 0 Å². The van der Waals surface area contributed by atoms with Crippen LogP contribution in [0.5, 0.6) is 0 Å². The van der Waals surface area contributed by atoms with Gasteiger partial charge < -0.3 is 5.73 Å². The van der Waals surface area contributed by atoms with E-state index >= 15 is 0 Å². The van der Waals surface area contributed by atoms with Gasteiger partial charge in [-0.15, -0.1) is 0 Å². The lowest BCUT2D eigenvalue weighted by Gasteiger charge is -2.02. The minimum absolute atomic E-state index is 0.676. The number of halogens is 1. The van der Waals surface area contributed by atoms with Gasteiger partial charge in [0.05, 0.1) is 17.6 Å². The highest BCUT2D eigenvalue weighted by atomic mass is 79.9. The number of nitrogens with zero attached hydrogens (tertiary/aromatic N) is 2. The molecule has 3 aromatic rings. The summed E-state index contributed by atoms with van der Waals surface area (Å²) in [5.74, 6) is 0. The number of benzene rings is 2. The quantitative estimate of drug-likeness (QED) is 0.766. The Morgan fingerprint density at radius 1 is 1.10 bits per heavy atom. The predicted molar refractivity (Wildman–Crippen MR) is 85.8 cm³/mol. The summed E-state index contributed by atoms with van der Waals surface area (Å²) in [6, 6.07) is 16.2. The molecule has 2 aromatic carbocycles. The van der Waals surface area contributed by atoms with Crippen LogP contribution in [0.15, 0.2) is 59.2 Å². The molecule has 0 radical (unpaired) electrons. The van der Waals surface area contributed by atoms with Gasteiger partial charge in [-0.05, 0) is 31.2 Å². The Morgan fingerprint density at radius 3 is 2.65 bits per heavy atom. The molecule has 0 aliphatic heterocycles. The third-order valence-electron chi connectivity index (χ3n) is 3.11. The van der Waals surface area contributed by atoms with Crippen LogP contribution in [0.25, 0.3) is 16.9 Å². The zero-order chi connectivity index (χ0) is 14.1. The van der Waals surface area contributed by atoms with Crippen LogP contribution in [-0.4, -0.2) is 9.78 Å². The molecular weight excluding hydrogens is 314 g/mol. The van der Waals surface area contributed by atoms with E-state index in [1.807, 2.05) is 42.6 Å². The highest BCUT2D eigenvalue weighted by Crippen LogP contribution is 2.26. The molecule has 3 nitrogen and oxygen atoms in total. The van der Waals surface area contributed by atoms with Gasteiger partial charge in [-0.2, -0.15) is 5.10 Å². The van der Waals surface area contributed by atoms with E-state index < -0.39 is 0 Å². The topological polar surface area (TPSA) is 43.8 Å². The summed E-state index contributed by atoms with van der Waals surface area (Å²) in [5, 5.41) is 4.60. The van der Waals surface area contributed by atoms with E-state index in [0.29, 0.717) is 5.69 Å². The summed E-state index contributed by atoms with van der Waals surface area (Å²) in [5.41, 5.74) is 10.8. The fraction of sp³-hybridized carbons (Fsp3) is 0.0625. The van der Waals surface area contributed by atoms with E-state index in [2.05, 4.69) is 40.1 Å². The molecule has 0 atom stereocenters. The molecule has 1 aromatic heterocycles. The maximum absolute atomic E-state index is 6.10. The molecule has 0 amide bonds. The van der Waals surface area contributed by atoms with Gasteiger partial charge in [-0.1, -0.05) is 45.8 Å². The van der Waals surface area contributed by atoms with Crippen molar-refractivity contribution in [3.8, 4) is 16.9 Å². The molecule has 0 bridgehead atoms. The van der Waals surface area contributed by atoms with Gasteiger partial charge in [0.1, 0.15) is 5.69 Å². The first-order valence-electron chi connectivity index (χ1n) is 6.31. The Balaban J connectivity index is 2.08. The van der Waals surface area contributed by atoms with Gasteiger partial charge in [0, 0.05) is 10.0 Å². The molecule has 2 N–H and O–H groups in total. The number of hydrogen-bond acceptors (Lipinski definition) is 2. The van der Waals surface area contributed by atoms with Crippen molar-refractivity contribution in [2.24, 2.45) is 0 Å². The van der Waals surface area contributed by atoms with Gasteiger partial charge in [0.15, 0.2) is 0 Å². The zero-order valence-electron chi connectivity index (χ0n) is 11.0. The minimum atomic E-state index is 0.676. The van der Waals surface area contributed by atoms with Crippen LogP contribution in [0.2, 0.25) is 0 Å². The highest BCUT2D eigenvalue weighted by Gasteiger charge is 2.09. The lowest BCUT2D eigenvalue weighted by atomic mass is 10.1. The summed E-state index contributed by atoms with van der Waals surface area (Å²) in [7, 11) is 0. The van der Waals surface area contributed by atoms with Crippen LogP contribution in [0.3, 0.4) is 0 Å². The number of anilines is 1. The maximum atomic E-state index is 6.10.